The Kier molecular flexibility index (Phi) is 4.51. The smallest absolute Gasteiger partial charge is 0.251 e. The molecule has 0 saturated carbocycles. The van der Waals surface area contributed by atoms with Gasteiger partial charge >= 0.3 is 0 Å². The fourth-order valence-corrected chi connectivity index (χ4v) is 3.41. The summed E-state index contributed by atoms with van der Waals surface area (Å²) in [6.07, 6.45) is 2.17. The highest BCUT2D eigenvalue weighted by Crippen LogP contribution is 2.19. The zero-order valence-electron chi connectivity index (χ0n) is 9.83. The van der Waals surface area contributed by atoms with Crippen LogP contribution in [0.3, 0.4) is 0 Å². The summed E-state index contributed by atoms with van der Waals surface area (Å²) in [5.74, 6) is 2.37. The third-order valence-electron chi connectivity index (χ3n) is 3.00. The molecule has 1 aromatic rings. The van der Waals surface area contributed by atoms with E-state index >= 15 is 0 Å². The van der Waals surface area contributed by atoms with E-state index in [9.17, 15) is 4.79 Å². The molecule has 0 unspecified atom stereocenters. The molecule has 0 spiro atoms. The molecule has 0 aliphatic carbocycles. The lowest BCUT2D eigenvalue weighted by molar-refractivity contribution is 0.0934. The summed E-state index contributed by atoms with van der Waals surface area (Å²) in [5.41, 5.74) is 1.80. The number of benzene rings is 1. The van der Waals surface area contributed by atoms with Gasteiger partial charge < -0.3 is 5.32 Å². The molecule has 0 bridgehead atoms. The molecule has 1 heterocycles. The first-order valence-corrected chi connectivity index (χ1v) is 7.76. The summed E-state index contributed by atoms with van der Waals surface area (Å²) in [4.78, 5) is 12.1. The van der Waals surface area contributed by atoms with Crippen LogP contribution in [0.25, 0.3) is 0 Å². The van der Waals surface area contributed by atoms with Gasteiger partial charge in [-0.25, -0.2) is 0 Å². The van der Waals surface area contributed by atoms with Crippen molar-refractivity contribution in [2.75, 3.05) is 11.5 Å². The van der Waals surface area contributed by atoms with E-state index in [-0.39, 0.29) is 5.91 Å². The zero-order chi connectivity index (χ0) is 12.3. The lowest BCUT2D eigenvalue weighted by atomic mass is 10.1. The number of halogens is 1. The predicted molar refractivity (Wildman–Crippen MR) is 76.7 cm³/mol. The van der Waals surface area contributed by atoms with Gasteiger partial charge in [-0.2, -0.15) is 11.8 Å². The summed E-state index contributed by atoms with van der Waals surface area (Å²) in [7, 11) is 0. The summed E-state index contributed by atoms with van der Waals surface area (Å²) in [6.45, 7) is 1.97. The van der Waals surface area contributed by atoms with Crippen LogP contribution in [0.1, 0.15) is 28.8 Å². The largest absolute Gasteiger partial charge is 0.349 e. The van der Waals surface area contributed by atoms with Crippen molar-refractivity contribution >= 4 is 33.6 Å². The predicted octanol–water partition coefficient (Wildman–Crippen LogP) is 3.38. The minimum Gasteiger partial charge on any atom is -0.349 e. The van der Waals surface area contributed by atoms with E-state index in [0.29, 0.717) is 6.04 Å². The zero-order valence-corrected chi connectivity index (χ0v) is 12.2. The fourth-order valence-electron chi connectivity index (χ4n) is 1.94. The van der Waals surface area contributed by atoms with Crippen LogP contribution in [-0.2, 0) is 0 Å². The quantitative estimate of drug-likeness (QED) is 0.907. The molecule has 1 aliphatic rings. The van der Waals surface area contributed by atoms with Crippen molar-refractivity contribution < 1.29 is 4.79 Å². The van der Waals surface area contributed by atoms with E-state index in [2.05, 4.69) is 21.2 Å². The second-order valence-corrected chi connectivity index (χ2v) is 6.46. The topological polar surface area (TPSA) is 29.1 Å². The third-order valence-corrected chi connectivity index (χ3v) is 4.54. The SMILES string of the molecule is Cc1ccc(Br)cc1C(=O)NC1CCSCC1. The van der Waals surface area contributed by atoms with Crippen LogP contribution >= 0.6 is 27.7 Å². The van der Waals surface area contributed by atoms with Gasteiger partial charge in [0, 0.05) is 16.1 Å². The minimum atomic E-state index is 0.0562. The fraction of sp³-hybridized carbons (Fsp3) is 0.462. The van der Waals surface area contributed by atoms with E-state index in [1.807, 2.05) is 36.9 Å². The highest BCUT2D eigenvalue weighted by Gasteiger charge is 2.17. The van der Waals surface area contributed by atoms with Crippen molar-refractivity contribution in [1.82, 2.24) is 5.32 Å². The summed E-state index contributed by atoms with van der Waals surface area (Å²) < 4.78 is 0.951. The monoisotopic (exact) mass is 313 g/mol. The lowest BCUT2D eigenvalue weighted by Crippen LogP contribution is -2.37. The summed E-state index contributed by atoms with van der Waals surface area (Å²) >= 11 is 5.37. The maximum atomic E-state index is 12.1. The van der Waals surface area contributed by atoms with Crippen LogP contribution in [0.15, 0.2) is 22.7 Å². The Balaban J connectivity index is 2.05. The Hall–Kier alpha value is -0.480. The van der Waals surface area contributed by atoms with Gasteiger partial charge in [0.2, 0.25) is 0 Å². The Morgan fingerprint density at radius 1 is 1.41 bits per heavy atom. The van der Waals surface area contributed by atoms with E-state index in [4.69, 9.17) is 0 Å². The number of amides is 1. The van der Waals surface area contributed by atoms with Gasteiger partial charge in [-0.05, 0) is 49.0 Å². The molecule has 0 aromatic heterocycles. The summed E-state index contributed by atoms with van der Waals surface area (Å²) in [5, 5.41) is 3.13. The first-order chi connectivity index (χ1) is 8.16. The first-order valence-electron chi connectivity index (χ1n) is 5.81. The maximum absolute atomic E-state index is 12.1. The molecule has 4 heteroatoms. The van der Waals surface area contributed by atoms with Crippen LogP contribution in [0.2, 0.25) is 0 Å². The van der Waals surface area contributed by atoms with Gasteiger partial charge in [0.05, 0.1) is 0 Å². The maximum Gasteiger partial charge on any atom is 0.251 e. The van der Waals surface area contributed by atoms with Gasteiger partial charge in [-0.3, -0.25) is 4.79 Å². The van der Waals surface area contributed by atoms with Crippen molar-refractivity contribution in [2.45, 2.75) is 25.8 Å². The first kappa shape index (κ1) is 13.0. The van der Waals surface area contributed by atoms with Crippen LogP contribution in [0.4, 0.5) is 0 Å². The van der Waals surface area contributed by atoms with Gasteiger partial charge in [-0.1, -0.05) is 22.0 Å². The number of carbonyl (C=O) groups excluding carboxylic acids is 1. The highest BCUT2D eigenvalue weighted by atomic mass is 79.9. The Morgan fingerprint density at radius 3 is 2.82 bits per heavy atom. The number of carbonyl (C=O) groups is 1. The Bertz CT molecular complexity index is 416. The molecule has 92 valence electrons. The van der Waals surface area contributed by atoms with Crippen molar-refractivity contribution in [1.29, 1.82) is 0 Å². The standard InChI is InChI=1S/C13H16BrNOS/c1-9-2-3-10(14)8-12(9)13(16)15-11-4-6-17-7-5-11/h2-3,8,11H,4-7H2,1H3,(H,15,16). The van der Waals surface area contributed by atoms with Crippen molar-refractivity contribution in [2.24, 2.45) is 0 Å². The van der Waals surface area contributed by atoms with Crippen molar-refractivity contribution in [3.05, 3.63) is 33.8 Å². The number of thioether (sulfide) groups is 1. The average molecular weight is 314 g/mol. The van der Waals surface area contributed by atoms with E-state index in [1.165, 1.54) is 0 Å². The molecule has 2 rings (SSSR count). The molecule has 0 atom stereocenters. The van der Waals surface area contributed by atoms with Gasteiger partial charge in [0.1, 0.15) is 0 Å². The molecular weight excluding hydrogens is 298 g/mol. The second-order valence-electron chi connectivity index (χ2n) is 4.32. The summed E-state index contributed by atoms with van der Waals surface area (Å²) in [6, 6.07) is 6.17. The number of hydrogen-bond acceptors (Lipinski definition) is 2. The molecule has 1 saturated heterocycles. The number of aryl methyl sites for hydroxylation is 1. The second kappa shape index (κ2) is 5.91. The Labute approximate surface area is 115 Å². The van der Waals surface area contributed by atoms with Gasteiger partial charge in [0.15, 0.2) is 0 Å². The molecule has 0 radical (unpaired) electrons. The van der Waals surface area contributed by atoms with Crippen LogP contribution in [0, 0.1) is 6.92 Å². The van der Waals surface area contributed by atoms with E-state index < -0.39 is 0 Å². The number of hydrogen-bond donors (Lipinski definition) is 1. The van der Waals surface area contributed by atoms with Gasteiger partial charge in [0.25, 0.3) is 5.91 Å². The van der Waals surface area contributed by atoms with Gasteiger partial charge in [-0.15, -0.1) is 0 Å². The molecule has 2 nitrogen and oxygen atoms in total. The molecule has 1 N–H and O–H groups in total. The molecular formula is C13H16BrNOS. The number of nitrogens with one attached hydrogen (secondary N) is 1. The van der Waals surface area contributed by atoms with E-state index in [1.54, 1.807) is 0 Å². The molecule has 17 heavy (non-hydrogen) atoms. The highest BCUT2D eigenvalue weighted by molar-refractivity contribution is 9.10. The molecule has 1 amide bonds. The third kappa shape index (κ3) is 3.49. The van der Waals surface area contributed by atoms with E-state index in [0.717, 1.165) is 39.9 Å². The molecule has 1 aromatic carbocycles. The van der Waals surface area contributed by atoms with Crippen molar-refractivity contribution in [3.63, 3.8) is 0 Å². The van der Waals surface area contributed by atoms with Crippen molar-refractivity contribution in [3.8, 4) is 0 Å². The molecule has 1 aliphatic heterocycles. The van der Waals surface area contributed by atoms with Crippen LogP contribution in [-0.4, -0.2) is 23.5 Å². The molecule has 1 fully saturated rings. The minimum absolute atomic E-state index is 0.0562. The Morgan fingerprint density at radius 2 is 2.12 bits per heavy atom. The number of rotatable bonds is 2. The normalized spacial score (nSPS) is 16.8. The lowest BCUT2D eigenvalue weighted by Gasteiger charge is -2.22. The average Bonchev–Trinajstić information content (AvgIpc) is 2.33. The van der Waals surface area contributed by atoms with Crippen LogP contribution < -0.4 is 5.32 Å². The van der Waals surface area contributed by atoms with Crippen LogP contribution in [0.5, 0.6) is 0 Å².